The van der Waals surface area contributed by atoms with E-state index in [0.717, 1.165) is 11.1 Å². The van der Waals surface area contributed by atoms with Crippen molar-refractivity contribution < 1.29 is 5.11 Å². The number of aliphatic hydroxyl groups is 1. The van der Waals surface area contributed by atoms with Gasteiger partial charge >= 0.3 is 0 Å². The number of benzene rings is 2. The molecule has 0 aromatic heterocycles. The van der Waals surface area contributed by atoms with E-state index in [1.54, 1.807) is 18.2 Å². The van der Waals surface area contributed by atoms with Crippen LogP contribution in [0.5, 0.6) is 0 Å². The van der Waals surface area contributed by atoms with Crippen LogP contribution in [0.25, 0.3) is 0 Å². The minimum absolute atomic E-state index is 0.406. The minimum Gasteiger partial charge on any atom is -0.392 e. The molecule has 0 spiro atoms. The van der Waals surface area contributed by atoms with Gasteiger partial charge < -0.3 is 5.11 Å². The average Bonchev–Trinajstić information content (AvgIpc) is 2.37. The van der Waals surface area contributed by atoms with E-state index in [1.807, 2.05) is 24.3 Å². The van der Waals surface area contributed by atoms with Crippen molar-refractivity contribution in [1.82, 2.24) is 0 Å². The number of aliphatic hydroxyl groups excluding tert-OH is 1. The summed E-state index contributed by atoms with van der Waals surface area (Å²) in [4.78, 5) is 0. The molecule has 1 nitrogen and oxygen atoms in total. The quantitative estimate of drug-likeness (QED) is 0.860. The number of hydrogen-bond acceptors (Lipinski definition) is 1. The average molecular weight is 316 g/mol. The van der Waals surface area contributed by atoms with Gasteiger partial charge in [-0.15, -0.1) is 0 Å². The first kappa shape index (κ1) is 14.7. The fourth-order valence-corrected chi connectivity index (χ4v) is 2.72. The Kier molecular flexibility index (Phi) is 5.12. The predicted octanol–water partition coefficient (Wildman–Crippen LogP) is 4.79. The molecule has 0 saturated heterocycles. The molecule has 0 saturated carbocycles. The lowest BCUT2D eigenvalue weighted by Crippen LogP contribution is -2.14. The van der Waals surface area contributed by atoms with E-state index < -0.39 is 6.10 Å². The van der Waals surface area contributed by atoms with Crippen molar-refractivity contribution in [3.05, 3.63) is 68.7 Å². The molecule has 0 heterocycles. The van der Waals surface area contributed by atoms with Crippen LogP contribution >= 0.6 is 34.8 Å². The Morgan fingerprint density at radius 1 is 0.789 bits per heavy atom. The van der Waals surface area contributed by atoms with Crippen molar-refractivity contribution >= 4 is 34.8 Å². The van der Waals surface area contributed by atoms with Gasteiger partial charge in [0.05, 0.1) is 6.10 Å². The maximum absolute atomic E-state index is 10.2. The Hall–Kier alpha value is -0.730. The molecule has 0 radical (unpaired) electrons. The van der Waals surface area contributed by atoms with E-state index in [1.165, 1.54) is 0 Å². The summed E-state index contributed by atoms with van der Waals surface area (Å²) in [5, 5.41) is 12.0. The van der Waals surface area contributed by atoms with Gasteiger partial charge in [-0.25, -0.2) is 0 Å². The molecule has 1 unspecified atom stereocenters. The molecule has 0 aliphatic heterocycles. The highest BCUT2D eigenvalue weighted by Gasteiger charge is 2.13. The summed E-state index contributed by atoms with van der Waals surface area (Å²) >= 11 is 18.2. The standard InChI is InChI=1S/C15H13Cl3O/c16-13-5-2-1-4-10(13)8-11(19)9-12-14(17)6-3-7-15(12)18/h1-7,11,19H,8-9H2. The van der Waals surface area contributed by atoms with Crippen LogP contribution in [0.3, 0.4) is 0 Å². The van der Waals surface area contributed by atoms with Crippen LogP contribution in [0.2, 0.25) is 15.1 Å². The first-order valence-corrected chi connectivity index (χ1v) is 7.05. The molecule has 1 N–H and O–H groups in total. The van der Waals surface area contributed by atoms with Gasteiger partial charge in [0.15, 0.2) is 0 Å². The maximum Gasteiger partial charge on any atom is 0.0622 e. The lowest BCUT2D eigenvalue weighted by Gasteiger charge is -2.14. The van der Waals surface area contributed by atoms with Crippen molar-refractivity contribution in [2.75, 3.05) is 0 Å². The van der Waals surface area contributed by atoms with Crippen molar-refractivity contribution in [1.29, 1.82) is 0 Å². The van der Waals surface area contributed by atoms with Gasteiger partial charge in [-0.3, -0.25) is 0 Å². The first-order chi connectivity index (χ1) is 9.08. The SMILES string of the molecule is OC(Cc1ccccc1Cl)Cc1c(Cl)cccc1Cl. The molecule has 0 amide bonds. The van der Waals surface area contributed by atoms with Crippen molar-refractivity contribution in [2.24, 2.45) is 0 Å². The lowest BCUT2D eigenvalue weighted by atomic mass is 10.0. The largest absolute Gasteiger partial charge is 0.392 e. The second kappa shape index (κ2) is 6.62. The fraction of sp³-hybridized carbons (Fsp3) is 0.200. The van der Waals surface area contributed by atoms with Gasteiger partial charge in [0, 0.05) is 27.9 Å². The number of rotatable bonds is 4. The fourth-order valence-electron chi connectivity index (χ4n) is 1.95. The molecule has 1 atom stereocenters. The Bertz CT molecular complexity index is 549. The summed E-state index contributed by atoms with van der Waals surface area (Å²) in [7, 11) is 0. The second-order valence-corrected chi connectivity index (χ2v) is 5.58. The van der Waals surface area contributed by atoms with E-state index in [4.69, 9.17) is 34.8 Å². The van der Waals surface area contributed by atoms with Gasteiger partial charge in [-0.1, -0.05) is 59.1 Å². The topological polar surface area (TPSA) is 20.2 Å². The first-order valence-electron chi connectivity index (χ1n) is 5.92. The summed E-state index contributed by atoms with van der Waals surface area (Å²) < 4.78 is 0. The van der Waals surface area contributed by atoms with Gasteiger partial charge in [-0.2, -0.15) is 0 Å². The summed E-state index contributed by atoms with van der Waals surface area (Å²) in [6.45, 7) is 0. The molecular formula is C15H13Cl3O. The Labute approximate surface area is 127 Å². The van der Waals surface area contributed by atoms with Gasteiger partial charge in [0.2, 0.25) is 0 Å². The minimum atomic E-state index is -0.572. The normalized spacial score (nSPS) is 12.4. The van der Waals surface area contributed by atoms with E-state index in [-0.39, 0.29) is 0 Å². The second-order valence-electron chi connectivity index (χ2n) is 4.35. The molecule has 2 rings (SSSR count). The smallest absolute Gasteiger partial charge is 0.0622 e. The maximum atomic E-state index is 10.2. The molecule has 0 bridgehead atoms. The van der Waals surface area contributed by atoms with E-state index in [9.17, 15) is 5.11 Å². The van der Waals surface area contributed by atoms with Crippen molar-refractivity contribution in [3.8, 4) is 0 Å². The lowest BCUT2D eigenvalue weighted by molar-refractivity contribution is 0.175. The molecular weight excluding hydrogens is 303 g/mol. The highest BCUT2D eigenvalue weighted by molar-refractivity contribution is 6.36. The summed E-state index contributed by atoms with van der Waals surface area (Å²) in [6.07, 6.45) is 0.308. The number of hydrogen-bond donors (Lipinski definition) is 1. The van der Waals surface area contributed by atoms with Gasteiger partial charge in [0.25, 0.3) is 0 Å². The zero-order chi connectivity index (χ0) is 13.8. The summed E-state index contributed by atoms with van der Waals surface area (Å²) in [5.74, 6) is 0. The van der Waals surface area contributed by atoms with Crippen LogP contribution in [0, 0.1) is 0 Å². The summed E-state index contributed by atoms with van der Waals surface area (Å²) in [5.41, 5.74) is 1.69. The third-order valence-electron chi connectivity index (χ3n) is 2.91. The highest BCUT2D eigenvalue weighted by Crippen LogP contribution is 2.26. The Balaban J connectivity index is 2.10. The third kappa shape index (κ3) is 3.87. The van der Waals surface area contributed by atoms with Crippen molar-refractivity contribution in [2.45, 2.75) is 18.9 Å². The highest BCUT2D eigenvalue weighted by atomic mass is 35.5. The monoisotopic (exact) mass is 314 g/mol. The van der Waals surface area contributed by atoms with Crippen LogP contribution in [0.1, 0.15) is 11.1 Å². The van der Waals surface area contributed by atoms with E-state index in [0.29, 0.717) is 27.9 Å². The van der Waals surface area contributed by atoms with E-state index >= 15 is 0 Å². The van der Waals surface area contributed by atoms with Gasteiger partial charge in [-0.05, 0) is 29.3 Å². The Morgan fingerprint density at radius 2 is 1.37 bits per heavy atom. The van der Waals surface area contributed by atoms with Crippen LogP contribution in [0.4, 0.5) is 0 Å². The molecule has 19 heavy (non-hydrogen) atoms. The molecule has 0 aliphatic rings. The van der Waals surface area contributed by atoms with Crippen LogP contribution in [0.15, 0.2) is 42.5 Å². The summed E-state index contributed by atoms with van der Waals surface area (Å²) in [6, 6.07) is 12.8. The van der Waals surface area contributed by atoms with Crippen LogP contribution in [-0.4, -0.2) is 11.2 Å². The van der Waals surface area contributed by atoms with Crippen molar-refractivity contribution in [3.63, 3.8) is 0 Å². The molecule has 2 aromatic carbocycles. The molecule has 0 aliphatic carbocycles. The van der Waals surface area contributed by atoms with E-state index in [2.05, 4.69) is 0 Å². The number of halogens is 3. The molecule has 100 valence electrons. The zero-order valence-electron chi connectivity index (χ0n) is 10.1. The van der Waals surface area contributed by atoms with Gasteiger partial charge in [0.1, 0.15) is 0 Å². The third-order valence-corrected chi connectivity index (χ3v) is 3.99. The molecule has 4 heteroatoms. The Morgan fingerprint density at radius 3 is 2.00 bits per heavy atom. The molecule has 0 fully saturated rings. The van der Waals surface area contributed by atoms with Crippen LogP contribution in [-0.2, 0) is 12.8 Å². The van der Waals surface area contributed by atoms with Crippen LogP contribution < -0.4 is 0 Å². The zero-order valence-corrected chi connectivity index (χ0v) is 12.4. The molecule has 2 aromatic rings. The predicted molar refractivity (Wildman–Crippen MR) is 81.3 cm³/mol.